The van der Waals surface area contributed by atoms with Crippen LogP contribution < -0.4 is 0 Å². The van der Waals surface area contributed by atoms with E-state index in [0.29, 0.717) is 11.4 Å². The highest BCUT2D eigenvalue weighted by Gasteiger charge is 2.22. The summed E-state index contributed by atoms with van der Waals surface area (Å²) in [7, 11) is 0. The summed E-state index contributed by atoms with van der Waals surface area (Å²) in [5.41, 5.74) is 1.12. The first-order chi connectivity index (χ1) is 5.99. The fraction of sp³-hybridized carbons (Fsp3) is 0.455. The second-order valence-electron chi connectivity index (χ2n) is 3.54. The molecular formula is C11H15ClO. The molecule has 0 aromatic heterocycles. The van der Waals surface area contributed by atoms with Gasteiger partial charge < -0.3 is 5.11 Å². The van der Waals surface area contributed by atoms with Gasteiger partial charge >= 0.3 is 0 Å². The van der Waals surface area contributed by atoms with Gasteiger partial charge in [-0.3, -0.25) is 0 Å². The van der Waals surface area contributed by atoms with Crippen LogP contribution in [0.1, 0.15) is 31.4 Å². The maximum Gasteiger partial charge on any atom is 0.0869 e. The first-order valence-electron chi connectivity index (χ1n) is 4.47. The first-order valence-corrected chi connectivity index (χ1v) is 4.85. The van der Waals surface area contributed by atoms with Gasteiger partial charge in [-0.15, -0.1) is 0 Å². The smallest absolute Gasteiger partial charge is 0.0869 e. The summed E-state index contributed by atoms with van der Waals surface area (Å²) in [5, 5.41) is 10.8. The van der Waals surface area contributed by atoms with Crippen molar-refractivity contribution in [1.82, 2.24) is 0 Å². The molecule has 0 unspecified atom stereocenters. The maximum absolute atomic E-state index is 10.0. The van der Waals surface area contributed by atoms with Crippen molar-refractivity contribution in [3.63, 3.8) is 0 Å². The molecule has 1 rings (SSSR count). The fourth-order valence-corrected chi connectivity index (χ4v) is 1.56. The van der Waals surface area contributed by atoms with Crippen molar-refractivity contribution < 1.29 is 5.11 Å². The second kappa shape index (κ2) is 3.69. The summed E-state index contributed by atoms with van der Waals surface area (Å²) < 4.78 is 0. The van der Waals surface area contributed by atoms with Crippen molar-refractivity contribution in [2.24, 2.45) is 0 Å². The molecule has 0 aliphatic heterocycles. The molecule has 1 atom stereocenters. The van der Waals surface area contributed by atoms with Gasteiger partial charge in [0.1, 0.15) is 0 Å². The van der Waals surface area contributed by atoms with Crippen LogP contribution in [-0.4, -0.2) is 5.11 Å². The highest BCUT2D eigenvalue weighted by molar-refractivity contribution is 6.31. The number of hydrogen-bond acceptors (Lipinski definition) is 1. The average Bonchev–Trinajstić information content (AvgIpc) is 2.09. The molecule has 0 saturated heterocycles. The second-order valence-corrected chi connectivity index (χ2v) is 3.95. The van der Waals surface area contributed by atoms with Gasteiger partial charge in [0.15, 0.2) is 0 Å². The number of rotatable bonds is 2. The Morgan fingerprint density at radius 3 is 2.62 bits per heavy atom. The van der Waals surface area contributed by atoms with Gasteiger partial charge in [0.25, 0.3) is 0 Å². The summed E-state index contributed by atoms with van der Waals surface area (Å²) in [6.45, 7) is 5.70. The highest BCUT2D eigenvalue weighted by Crippen LogP contribution is 2.30. The topological polar surface area (TPSA) is 20.2 Å². The quantitative estimate of drug-likeness (QED) is 0.774. The molecule has 0 bridgehead atoms. The minimum absolute atomic E-state index is 0.689. The minimum Gasteiger partial charge on any atom is -0.385 e. The molecule has 0 aliphatic carbocycles. The zero-order valence-corrected chi connectivity index (χ0v) is 9.02. The van der Waals surface area contributed by atoms with E-state index < -0.39 is 5.60 Å². The van der Waals surface area contributed by atoms with Gasteiger partial charge in [-0.05, 0) is 37.5 Å². The molecule has 0 fully saturated rings. The van der Waals surface area contributed by atoms with E-state index in [2.05, 4.69) is 0 Å². The van der Waals surface area contributed by atoms with Crippen molar-refractivity contribution in [2.75, 3.05) is 0 Å². The van der Waals surface area contributed by atoms with E-state index in [4.69, 9.17) is 11.6 Å². The number of halogens is 1. The minimum atomic E-state index is -0.769. The van der Waals surface area contributed by atoms with Crippen molar-refractivity contribution in [3.05, 3.63) is 34.3 Å². The lowest BCUT2D eigenvalue weighted by molar-refractivity contribution is 0.0524. The largest absolute Gasteiger partial charge is 0.385 e. The molecule has 0 amide bonds. The predicted molar refractivity (Wildman–Crippen MR) is 56.1 cm³/mol. The van der Waals surface area contributed by atoms with Crippen LogP contribution in [0.3, 0.4) is 0 Å². The predicted octanol–water partition coefficient (Wildman–Crippen LogP) is 3.27. The SMILES string of the molecule is CC[C@](C)(O)c1cccc(Cl)c1C. The van der Waals surface area contributed by atoms with E-state index in [1.54, 1.807) is 0 Å². The molecule has 1 N–H and O–H groups in total. The van der Waals surface area contributed by atoms with Gasteiger partial charge in [0.2, 0.25) is 0 Å². The Labute approximate surface area is 84.4 Å². The summed E-state index contributed by atoms with van der Waals surface area (Å²) in [6, 6.07) is 5.63. The lowest BCUT2D eigenvalue weighted by Crippen LogP contribution is -2.20. The van der Waals surface area contributed by atoms with Crippen LogP contribution in [0, 0.1) is 6.92 Å². The third-order valence-corrected chi connectivity index (χ3v) is 2.95. The van der Waals surface area contributed by atoms with E-state index in [-0.39, 0.29) is 0 Å². The van der Waals surface area contributed by atoms with Crippen molar-refractivity contribution in [3.8, 4) is 0 Å². The Hall–Kier alpha value is -0.530. The van der Waals surface area contributed by atoms with Crippen molar-refractivity contribution in [1.29, 1.82) is 0 Å². The summed E-state index contributed by atoms with van der Waals surface area (Å²) in [6.07, 6.45) is 0.689. The summed E-state index contributed by atoms with van der Waals surface area (Å²) >= 11 is 5.97. The van der Waals surface area contributed by atoms with Crippen LogP contribution >= 0.6 is 11.6 Å². The van der Waals surface area contributed by atoms with Gasteiger partial charge in [-0.25, -0.2) is 0 Å². The molecule has 0 heterocycles. The van der Waals surface area contributed by atoms with Gasteiger partial charge in [-0.2, -0.15) is 0 Å². The van der Waals surface area contributed by atoms with E-state index in [1.165, 1.54) is 0 Å². The zero-order chi connectivity index (χ0) is 10.1. The Kier molecular flexibility index (Phi) is 2.99. The average molecular weight is 199 g/mol. The third kappa shape index (κ3) is 2.04. The Bertz CT molecular complexity index is 305. The standard InChI is InChI=1S/C11H15ClO/c1-4-11(3,13)9-6-5-7-10(12)8(9)2/h5-7,13H,4H2,1-3H3/t11-/m0/s1. The Morgan fingerprint density at radius 1 is 1.46 bits per heavy atom. The van der Waals surface area contributed by atoms with E-state index in [1.807, 2.05) is 39.0 Å². The van der Waals surface area contributed by atoms with Crippen LogP contribution in [0.2, 0.25) is 5.02 Å². The van der Waals surface area contributed by atoms with Crippen LogP contribution in [-0.2, 0) is 5.60 Å². The molecule has 1 aromatic carbocycles. The molecule has 1 aromatic rings. The summed E-state index contributed by atoms with van der Waals surface area (Å²) in [5.74, 6) is 0. The maximum atomic E-state index is 10.0. The molecule has 0 aliphatic rings. The lowest BCUT2D eigenvalue weighted by Gasteiger charge is -2.24. The van der Waals surface area contributed by atoms with E-state index >= 15 is 0 Å². The normalized spacial score (nSPS) is 15.5. The van der Waals surface area contributed by atoms with Crippen molar-refractivity contribution in [2.45, 2.75) is 32.8 Å². The van der Waals surface area contributed by atoms with E-state index in [0.717, 1.165) is 11.1 Å². The molecule has 0 spiro atoms. The van der Waals surface area contributed by atoms with Crippen LogP contribution in [0.25, 0.3) is 0 Å². The van der Waals surface area contributed by atoms with Gasteiger partial charge in [0.05, 0.1) is 5.60 Å². The molecule has 0 radical (unpaired) electrons. The molecule has 72 valence electrons. The lowest BCUT2D eigenvalue weighted by atomic mass is 9.90. The Balaban J connectivity index is 3.22. The molecule has 2 heteroatoms. The highest BCUT2D eigenvalue weighted by atomic mass is 35.5. The van der Waals surface area contributed by atoms with Crippen LogP contribution in [0.4, 0.5) is 0 Å². The van der Waals surface area contributed by atoms with Gasteiger partial charge in [0, 0.05) is 5.02 Å². The zero-order valence-electron chi connectivity index (χ0n) is 8.26. The molecular weight excluding hydrogens is 184 g/mol. The fourth-order valence-electron chi connectivity index (χ4n) is 1.38. The van der Waals surface area contributed by atoms with Crippen molar-refractivity contribution >= 4 is 11.6 Å². The van der Waals surface area contributed by atoms with Gasteiger partial charge in [-0.1, -0.05) is 30.7 Å². The number of benzene rings is 1. The number of aliphatic hydroxyl groups is 1. The van der Waals surface area contributed by atoms with E-state index in [9.17, 15) is 5.11 Å². The number of hydrogen-bond donors (Lipinski definition) is 1. The van der Waals surface area contributed by atoms with Crippen LogP contribution in [0.5, 0.6) is 0 Å². The summed E-state index contributed by atoms with van der Waals surface area (Å²) in [4.78, 5) is 0. The monoisotopic (exact) mass is 198 g/mol. The van der Waals surface area contributed by atoms with Crippen LogP contribution in [0.15, 0.2) is 18.2 Å². The Morgan fingerprint density at radius 2 is 2.08 bits per heavy atom. The molecule has 13 heavy (non-hydrogen) atoms. The molecule has 0 saturated carbocycles. The molecule has 1 nitrogen and oxygen atoms in total. The third-order valence-electron chi connectivity index (χ3n) is 2.54. The first kappa shape index (κ1) is 10.6.